The monoisotopic (exact) mass is 834 g/mol. The Bertz CT molecular complexity index is 951. The van der Waals surface area contributed by atoms with Gasteiger partial charge in [-0.1, -0.05) is 175 Å². The van der Waals surface area contributed by atoms with Crippen molar-refractivity contribution in [3.63, 3.8) is 0 Å². The standard InChI is InChI=1S/C52H99NO6/c1-5-9-20-30-47(31-21-10-6-2)37-44-56-50(54)34-24-15-13-14-17-26-39-52(58-46-49(59-52)36-43-53-41-28-19-29-42-53)40-27-18-16-25-35-51(55)57-45-38-48(32-22-11-7-3)33-23-12-8-4/h47-49H,5-46H2,1-4H3. The second-order valence-corrected chi connectivity index (χ2v) is 18.9. The first-order valence-electron chi connectivity index (χ1n) is 26.3. The van der Waals surface area contributed by atoms with Gasteiger partial charge in [-0.25, -0.2) is 0 Å². The molecule has 2 heterocycles. The summed E-state index contributed by atoms with van der Waals surface area (Å²) in [5.41, 5.74) is 0. The number of ether oxygens (including phenoxy) is 4. The Morgan fingerprint density at radius 1 is 0.542 bits per heavy atom. The number of likely N-dealkylation sites (tertiary alicyclic amines) is 1. The minimum Gasteiger partial charge on any atom is -0.466 e. The van der Waals surface area contributed by atoms with Crippen LogP contribution >= 0.6 is 0 Å². The third-order valence-corrected chi connectivity index (χ3v) is 13.4. The van der Waals surface area contributed by atoms with Gasteiger partial charge in [-0.3, -0.25) is 9.59 Å². The molecular formula is C52H99NO6. The molecule has 7 nitrogen and oxygen atoms in total. The average molecular weight is 834 g/mol. The fourth-order valence-electron chi connectivity index (χ4n) is 9.46. The second kappa shape index (κ2) is 37.4. The molecule has 2 aliphatic heterocycles. The molecule has 348 valence electrons. The van der Waals surface area contributed by atoms with E-state index in [2.05, 4.69) is 32.6 Å². The van der Waals surface area contributed by atoms with Crippen LogP contribution < -0.4 is 0 Å². The van der Waals surface area contributed by atoms with E-state index in [-0.39, 0.29) is 18.0 Å². The van der Waals surface area contributed by atoms with Crippen molar-refractivity contribution in [2.24, 2.45) is 11.8 Å². The van der Waals surface area contributed by atoms with Gasteiger partial charge in [-0.05, 0) is 82.7 Å². The van der Waals surface area contributed by atoms with Gasteiger partial charge in [-0.15, -0.1) is 0 Å². The van der Waals surface area contributed by atoms with Crippen molar-refractivity contribution in [1.82, 2.24) is 4.90 Å². The Kier molecular flexibility index (Phi) is 34.2. The van der Waals surface area contributed by atoms with Crippen molar-refractivity contribution in [2.75, 3.05) is 39.5 Å². The third-order valence-electron chi connectivity index (χ3n) is 13.4. The zero-order chi connectivity index (χ0) is 42.5. The van der Waals surface area contributed by atoms with Crippen LogP contribution in [0.15, 0.2) is 0 Å². The van der Waals surface area contributed by atoms with E-state index < -0.39 is 5.79 Å². The molecule has 2 aliphatic rings. The molecule has 0 spiro atoms. The Morgan fingerprint density at radius 3 is 1.41 bits per heavy atom. The van der Waals surface area contributed by atoms with E-state index in [4.69, 9.17) is 18.9 Å². The molecule has 2 saturated heterocycles. The highest BCUT2D eigenvalue weighted by Crippen LogP contribution is 2.36. The van der Waals surface area contributed by atoms with Gasteiger partial charge >= 0.3 is 11.9 Å². The number of carbonyl (C=O) groups is 2. The lowest BCUT2D eigenvalue weighted by Crippen LogP contribution is -2.34. The van der Waals surface area contributed by atoms with Crippen LogP contribution in [0.25, 0.3) is 0 Å². The maximum Gasteiger partial charge on any atom is 0.305 e. The Labute approximate surface area is 366 Å². The first kappa shape index (κ1) is 54.0. The number of unbranched alkanes of at least 4 members (excludes halogenated alkanes) is 16. The predicted molar refractivity (Wildman–Crippen MR) is 248 cm³/mol. The van der Waals surface area contributed by atoms with Crippen LogP contribution in [-0.4, -0.2) is 68.2 Å². The molecule has 7 heteroatoms. The van der Waals surface area contributed by atoms with E-state index in [0.717, 1.165) is 90.0 Å². The summed E-state index contributed by atoms with van der Waals surface area (Å²) in [6.45, 7) is 14.5. The summed E-state index contributed by atoms with van der Waals surface area (Å²) in [7, 11) is 0. The maximum atomic E-state index is 12.6. The van der Waals surface area contributed by atoms with Crippen molar-refractivity contribution in [3.8, 4) is 0 Å². The number of hydrogen-bond acceptors (Lipinski definition) is 7. The fourth-order valence-corrected chi connectivity index (χ4v) is 9.46. The molecular weight excluding hydrogens is 735 g/mol. The molecule has 0 aromatic heterocycles. The fraction of sp³-hybridized carbons (Fsp3) is 0.962. The van der Waals surface area contributed by atoms with E-state index >= 15 is 0 Å². The van der Waals surface area contributed by atoms with Gasteiger partial charge in [0, 0.05) is 32.2 Å². The van der Waals surface area contributed by atoms with Gasteiger partial charge in [0.05, 0.1) is 25.9 Å². The first-order valence-corrected chi connectivity index (χ1v) is 26.3. The minimum absolute atomic E-state index is 0.00667. The number of hydrogen-bond donors (Lipinski definition) is 0. The van der Waals surface area contributed by atoms with Crippen LogP contribution in [-0.2, 0) is 28.5 Å². The van der Waals surface area contributed by atoms with Crippen LogP contribution in [0.4, 0.5) is 0 Å². The van der Waals surface area contributed by atoms with Gasteiger partial charge in [0.15, 0.2) is 5.79 Å². The van der Waals surface area contributed by atoms with Gasteiger partial charge in [0.2, 0.25) is 0 Å². The molecule has 2 unspecified atom stereocenters. The molecule has 0 amide bonds. The van der Waals surface area contributed by atoms with Crippen molar-refractivity contribution in [3.05, 3.63) is 0 Å². The van der Waals surface area contributed by atoms with Gasteiger partial charge in [-0.2, -0.15) is 0 Å². The van der Waals surface area contributed by atoms with Crippen LogP contribution in [0, 0.1) is 11.8 Å². The zero-order valence-corrected chi connectivity index (χ0v) is 39.8. The molecule has 0 aromatic rings. The number of rotatable bonds is 41. The third kappa shape index (κ3) is 28.9. The molecule has 59 heavy (non-hydrogen) atoms. The van der Waals surface area contributed by atoms with Crippen molar-refractivity contribution in [1.29, 1.82) is 0 Å². The van der Waals surface area contributed by atoms with E-state index in [0.29, 0.717) is 44.5 Å². The van der Waals surface area contributed by atoms with E-state index in [9.17, 15) is 9.59 Å². The van der Waals surface area contributed by atoms with Crippen molar-refractivity contribution in [2.45, 2.75) is 271 Å². The smallest absolute Gasteiger partial charge is 0.305 e. The number of carbonyl (C=O) groups excluding carboxylic acids is 2. The van der Waals surface area contributed by atoms with Crippen LogP contribution in [0.3, 0.4) is 0 Å². The van der Waals surface area contributed by atoms with E-state index in [1.54, 1.807) is 0 Å². The second-order valence-electron chi connectivity index (χ2n) is 18.9. The molecule has 0 aliphatic carbocycles. The molecule has 2 fully saturated rings. The molecule has 2 rings (SSSR count). The molecule has 0 aromatic carbocycles. The topological polar surface area (TPSA) is 74.3 Å². The average Bonchev–Trinajstić information content (AvgIpc) is 3.65. The lowest BCUT2D eigenvalue weighted by molar-refractivity contribution is -0.180. The zero-order valence-electron chi connectivity index (χ0n) is 39.8. The Balaban J connectivity index is 1.65. The maximum absolute atomic E-state index is 12.6. The lowest BCUT2D eigenvalue weighted by atomic mass is 9.92. The summed E-state index contributed by atoms with van der Waals surface area (Å²) in [6, 6.07) is 0. The Hall–Kier alpha value is -1.18. The summed E-state index contributed by atoms with van der Waals surface area (Å²) in [5.74, 6) is 0.933. The number of esters is 2. The highest BCUT2D eigenvalue weighted by Gasteiger charge is 2.40. The van der Waals surface area contributed by atoms with Gasteiger partial charge in [0.25, 0.3) is 0 Å². The summed E-state index contributed by atoms with van der Waals surface area (Å²) in [4.78, 5) is 27.6. The van der Waals surface area contributed by atoms with E-state index in [1.165, 1.54) is 148 Å². The van der Waals surface area contributed by atoms with E-state index in [1.807, 2.05) is 0 Å². The quantitative estimate of drug-likeness (QED) is 0.0449. The first-order chi connectivity index (χ1) is 28.9. The van der Waals surface area contributed by atoms with Crippen LogP contribution in [0.2, 0.25) is 0 Å². The van der Waals surface area contributed by atoms with Gasteiger partial charge in [0.1, 0.15) is 0 Å². The summed E-state index contributed by atoms with van der Waals surface area (Å²) in [5, 5.41) is 0. The highest BCUT2D eigenvalue weighted by atomic mass is 16.7. The summed E-state index contributed by atoms with van der Waals surface area (Å²) >= 11 is 0. The van der Waals surface area contributed by atoms with Crippen molar-refractivity contribution < 1.29 is 28.5 Å². The largest absolute Gasteiger partial charge is 0.466 e. The van der Waals surface area contributed by atoms with Crippen molar-refractivity contribution >= 4 is 11.9 Å². The number of nitrogens with zero attached hydrogens (tertiary/aromatic N) is 1. The molecule has 0 bridgehead atoms. The normalized spacial score (nSPS) is 18.6. The van der Waals surface area contributed by atoms with Gasteiger partial charge < -0.3 is 23.8 Å². The lowest BCUT2D eigenvalue weighted by Gasteiger charge is -2.30. The molecule has 2 atom stereocenters. The predicted octanol–water partition coefficient (Wildman–Crippen LogP) is 14.9. The Morgan fingerprint density at radius 2 is 0.966 bits per heavy atom. The minimum atomic E-state index is -0.453. The number of piperidine rings is 1. The molecule has 0 radical (unpaired) electrons. The van der Waals surface area contributed by atoms with Crippen LogP contribution in [0.5, 0.6) is 0 Å². The SMILES string of the molecule is CCCCCC(CCCCC)CCOC(=O)CCCCCCCCC1(CCCCCCC(=O)OCCC(CCCCC)CCCCC)OCC(CCN2CCCCC2)O1. The summed E-state index contributed by atoms with van der Waals surface area (Å²) in [6.07, 6.45) is 41.7. The van der Waals surface area contributed by atoms with Crippen LogP contribution in [0.1, 0.15) is 259 Å². The molecule has 0 N–H and O–H groups in total. The summed E-state index contributed by atoms with van der Waals surface area (Å²) < 4.78 is 24.8. The molecule has 0 saturated carbocycles. The highest BCUT2D eigenvalue weighted by molar-refractivity contribution is 5.69.